The van der Waals surface area contributed by atoms with Crippen LogP contribution < -0.4 is 10.5 Å². The Morgan fingerprint density at radius 2 is 0.921 bits per heavy atom. The van der Waals surface area contributed by atoms with Gasteiger partial charge < -0.3 is 15.6 Å². The summed E-state index contributed by atoms with van der Waals surface area (Å²) in [5.41, 5.74) is 8.46. The van der Waals surface area contributed by atoms with Crippen LogP contribution in [-0.2, 0) is 21.7 Å². The Morgan fingerprint density at radius 3 is 1.18 bits per heavy atom. The highest BCUT2D eigenvalue weighted by Gasteiger charge is 2.32. The minimum Gasteiger partial charge on any atom is -0.507 e. The molecule has 0 saturated heterocycles. The fourth-order valence-electron chi connectivity index (χ4n) is 4.38. The number of primary amides is 1. The van der Waals surface area contributed by atoms with Gasteiger partial charge in [0.15, 0.2) is 0 Å². The fourth-order valence-corrected chi connectivity index (χ4v) is 6.97. The molecule has 0 atom stereocenters. The lowest BCUT2D eigenvalue weighted by molar-refractivity contribution is 0.208. The van der Waals surface area contributed by atoms with Crippen molar-refractivity contribution in [1.82, 2.24) is 0 Å². The zero-order valence-corrected chi connectivity index (χ0v) is 27.6. The van der Waals surface area contributed by atoms with E-state index in [-0.39, 0.29) is 25.7 Å². The summed E-state index contributed by atoms with van der Waals surface area (Å²) in [7, 11) is 0. The van der Waals surface area contributed by atoms with Gasteiger partial charge in [0, 0.05) is 32.0 Å². The zero-order chi connectivity index (χ0) is 29.6. The van der Waals surface area contributed by atoms with Crippen molar-refractivity contribution in [1.29, 1.82) is 0 Å². The molecule has 0 radical (unpaired) electrons. The predicted octanol–water partition coefficient (Wildman–Crippen LogP) is 9.66. The van der Waals surface area contributed by atoms with Crippen LogP contribution in [0.1, 0.15) is 119 Å². The van der Waals surface area contributed by atoms with Crippen LogP contribution in [0.3, 0.4) is 0 Å². The molecule has 2 aromatic rings. The maximum absolute atomic E-state index is 11.8. The molecule has 2 rings (SSSR count). The molecule has 0 aromatic heterocycles. The number of ether oxygens (including phenoxy) is 1. The van der Waals surface area contributed by atoms with Crippen LogP contribution in [0, 0.1) is 0 Å². The largest absolute Gasteiger partial charge is 0.507 e. The summed E-state index contributed by atoms with van der Waals surface area (Å²) in [5, 5.41) is 11.2. The number of nitrogens with two attached hydrogens (primary N) is 1. The highest BCUT2D eigenvalue weighted by atomic mass is 32.2. The number of phenolic OH excluding ortho intramolecular Hbond substituents is 1. The summed E-state index contributed by atoms with van der Waals surface area (Å²) < 4.78 is 5.39. The van der Waals surface area contributed by atoms with E-state index in [1.165, 1.54) is 0 Å². The minimum absolute atomic E-state index is 0.183. The SMILES string of the molecule is CC(C)(Sc1cc(C(C)(C)C)c(O)c(C(C)(C)C)c1)Sc1cc(C(C)(C)C)c(OC(N)=O)c(C(C)(C)C)c1. The Balaban J connectivity index is 2.63. The molecule has 0 aliphatic carbocycles. The molecule has 1 amide bonds. The fraction of sp³-hybridized carbons (Fsp3) is 0.594. The van der Waals surface area contributed by atoms with Gasteiger partial charge in [0.05, 0.1) is 4.08 Å². The Labute approximate surface area is 239 Å². The summed E-state index contributed by atoms with van der Waals surface area (Å²) in [6.45, 7) is 30.0. The number of thioether (sulfide) groups is 2. The first-order valence-electron chi connectivity index (χ1n) is 13.3. The third-order valence-corrected chi connectivity index (χ3v) is 8.73. The van der Waals surface area contributed by atoms with Crippen molar-refractivity contribution >= 4 is 29.6 Å². The summed E-state index contributed by atoms with van der Waals surface area (Å²) >= 11 is 3.59. The maximum atomic E-state index is 11.8. The monoisotopic (exact) mass is 559 g/mol. The Hall–Kier alpha value is -1.79. The number of amides is 1. The van der Waals surface area contributed by atoms with Crippen LogP contribution in [0.5, 0.6) is 11.5 Å². The molecule has 0 aliphatic heterocycles. The number of hydrogen-bond acceptors (Lipinski definition) is 5. The van der Waals surface area contributed by atoms with Crippen LogP contribution >= 0.6 is 23.5 Å². The average molecular weight is 560 g/mol. The van der Waals surface area contributed by atoms with Gasteiger partial charge in [-0.1, -0.05) is 83.1 Å². The minimum atomic E-state index is -0.797. The van der Waals surface area contributed by atoms with Crippen molar-refractivity contribution in [2.24, 2.45) is 5.73 Å². The molecule has 0 aliphatic rings. The molecule has 0 bridgehead atoms. The van der Waals surface area contributed by atoms with Gasteiger partial charge in [-0.2, -0.15) is 0 Å². The molecule has 38 heavy (non-hydrogen) atoms. The highest BCUT2D eigenvalue weighted by molar-refractivity contribution is 8.18. The van der Waals surface area contributed by atoms with E-state index in [9.17, 15) is 9.90 Å². The molecule has 0 fully saturated rings. The average Bonchev–Trinajstić information content (AvgIpc) is 2.65. The lowest BCUT2D eigenvalue weighted by Gasteiger charge is -2.32. The molecular weight excluding hydrogens is 510 g/mol. The van der Waals surface area contributed by atoms with Crippen molar-refractivity contribution in [2.45, 2.75) is 132 Å². The predicted molar refractivity (Wildman–Crippen MR) is 165 cm³/mol. The van der Waals surface area contributed by atoms with Crippen molar-refractivity contribution in [3.8, 4) is 11.5 Å². The van der Waals surface area contributed by atoms with Gasteiger partial charge in [0.1, 0.15) is 11.5 Å². The van der Waals surface area contributed by atoms with Crippen LogP contribution in [0.2, 0.25) is 0 Å². The Kier molecular flexibility index (Phi) is 9.08. The third kappa shape index (κ3) is 8.11. The van der Waals surface area contributed by atoms with E-state index in [0.717, 1.165) is 32.0 Å². The van der Waals surface area contributed by atoms with Crippen molar-refractivity contribution in [2.75, 3.05) is 0 Å². The maximum Gasteiger partial charge on any atom is 0.409 e. The normalized spacial score (nSPS) is 13.5. The topological polar surface area (TPSA) is 72.6 Å². The van der Waals surface area contributed by atoms with E-state index in [1.807, 2.05) is 0 Å². The molecule has 0 unspecified atom stereocenters. The van der Waals surface area contributed by atoms with Crippen LogP contribution in [0.15, 0.2) is 34.1 Å². The van der Waals surface area contributed by atoms with E-state index >= 15 is 0 Å². The van der Waals surface area contributed by atoms with Crippen LogP contribution in [0.4, 0.5) is 4.79 Å². The molecule has 0 saturated carbocycles. The van der Waals surface area contributed by atoms with Gasteiger partial charge in [-0.05, 0) is 59.8 Å². The first kappa shape index (κ1) is 32.4. The van der Waals surface area contributed by atoms with Gasteiger partial charge in [0.25, 0.3) is 0 Å². The van der Waals surface area contributed by atoms with Crippen molar-refractivity contribution in [3.63, 3.8) is 0 Å². The molecule has 4 nitrogen and oxygen atoms in total. The lowest BCUT2D eigenvalue weighted by Crippen LogP contribution is -2.25. The van der Waals surface area contributed by atoms with Gasteiger partial charge in [-0.25, -0.2) is 4.79 Å². The Bertz CT molecular complexity index is 1120. The second-order valence-corrected chi connectivity index (χ2v) is 18.4. The molecule has 0 spiro atoms. The Morgan fingerprint density at radius 1 is 0.632 bits per heavy atom. The van der Waals surface area contributed by atoms with E-state index in [2.05, 4.69) is 121 Å². The number of phenols is 1. The molecular formula is C32H49NO3S2. The van der Waals surface area contributed by atoms with E-state index in [1.54, 1.807) is 23.5 Å². The first-order chi connectivity index (χ1) is 16.8. The first-order valence-corrected chi connectivity index (χ1v) is 14.9. The number of aromatic hydroxyl groups is 1. The quantitative estimate of drug-likeness (QED) is 0.282. The number of rotatable bonds is 5. The van der Waals surface area contributed by atoms with E-state index in [0.29, 0.717) is 11.5 Å². The second kappa shape index (κ2) is 10.6. The zero-order valence-electron chi connectivity index (χ0n) is 26.0. The van der Waals surface area contributed by atoms with Gasteiger partial charge in [0.2, 0.25) is 0 Å². The molecule has 3 N–H and O–H groups in total. The van der Waals surface area contributed by atoms with Crippen LogP contribution in [-0.4, -0.2) is 15.3 Å². The van der Waals surface area contributed by atoms with Gasteiger partial charge in [-0.15, -0.1) is 23.5 Å². The van der Waals surface area contributed by atoms with Crippen molar-refractivity contribution < 1.29 is 14.6 Å². The summed E-state index contributed by atoms with van der Waals surface area (Å²) in [5.74, 6) is 0.963. The smallest absolute Gasteiger partial charge is 0.409 e. The van der Waals surface area contributed by atoms with Crippen LogP contribution in [0.25, 0.3) is 0 Å². The molecule has 6 heteroatoms. The lowest BCUT2D eigenvalue weighted by atomic mass is 9.79. The molecule has 2 aromatic carbocycles. The standard InChI is InChI=1S/C32H49NO3S2/c1-28(2,3)21-15-19(16-22(25(21)34)29(4,5)6)37-32(13,14)38-20-17-23(30(7,8)9)26(36-27(33)35)24(18-20)31(10,11)12/h15-18,34H,1-14H3,(H2,33,35). The highest BCUT2D eigenvalue weighted by Crippen LogP contribution is 2.51. The van der Waals surface area contributed by atoms with E-state index < -0.39 is 6.09 Å². The van der Waals surface area contributed by atoms with E-state index in [4.69, 9.17) is 10.5 Å². The van der Waals surface area contributed by atoms with Gasteiger partial charge in [-0.3, -0.25) is 0 Å². The third-order valence-electron chi connectivity index (χ3n) is 6.31. The number of hydrogen-bond donors (Lipinski definition) is 2. The second-order valence-electron chi connectivity index (χ2n) is 14.7. The number of carbonyl (C=O) groups excluding carboxylic acids is 1. The molecule has 0 heterocycles. The summed E-state index contributed by atoms with van der Waals surface area (Å²) in [6.07, 6.45) is -0.797. The number of carbonyl (C=O) groups is 1. The number of benzene rings is 2. The molecule has 212 valence electrons. The van der Waals surface area contributed by atoms with Crippen molar-refractivity contribution in [3.05, 3.63) is 46.5 Å². The summed E-state index contributed by atoms with van der Waals surface area (Å²) in [4.78, 5) is 14.1. The van der Waals surface area contributed by atoms with Gasteiger partial charge >= 0.3 is 6.09 Å². The summed E-state index contributed by atoms with van der Waals surface area (Å²) in [6, 6.07) is 8.56.